The summed E-state index contributed by atoms with van der Waals surface area (Å²) in [5, 5.41) is 20.5. The molecule has 2 N–H and O–H groups in total. The fourth-order valence-electron chi connectivity index (χ4n) is 3.20. The van der Waals surface area contributed by atoms with Gasteiger partial charge in [0.05, 0.1) is 16.9 Å². The van der Waals surface area contributed by atoms with Crippen LogP contribution < -0.4 is 0 Å². The van der Waals surface area contributed by atoms with E-state index in [2.05, 4.69) is 21.9 Å². The van der Waals surface area contributed by atoms with Gasteiger partial charge < -0.3 is 10.2 Å². The van der Waals surface area contributed by atoms with Crippen LogP contribution >= 0.6 is 11.8 Å². The molecule has 5 nitrogen and oxygen atoms in total. The lowest BCUT2D eigenvalue weighted by Gasteiger charge is -2.10. The first-order valence-corrected chi connectivity index (χ1v) is 11.7. The highest BCUT2D eigenvalue weighted by Crippen LogP contribution is 2.30. The minimum atomic E-state index is 0.123. The minimum Gasteiger partial charge on any atom is -0.507 e. The highest BCUT2D eigenvalue weighted by atomic mass is 32.2. The van der Waals surface area contributed by atoms with Gasteiger partial charge in [-0.15, -0.1) is 0 Å². The van der Waals surface area contributed by atoms with Crippen LogP contribution in [0.4, 0.5) is 0 Å². The molecule has 0 amide bonds. The monoisotopic (exact) mass is 423 g/mol. The van der Waals surface area contributed by atoms with Crippen LogP contribution in [0.3, 0.4) is 0 Å². The maximum Gasteiger partial charge on any atom is 0.167 e. The summed E-state index contributed by atoms with van der Waals surface area (Å²) in [5.74, 6) is 3.45. The number of aromatic hydroxyl groups is 2. The molecule has 0 aliphatic heterocycles. The third-order valence-electron chi connectivity index (χ3n) is 4.85. The van der Waals surface area contributed by atoms with E-state index in [1.54, 1.807) is 36.4 Å². The Morgan fingerprint density at radius 3 is 1.80 bits per heavy atom. The van der Waals surface area contributed by atoms with E-state index in [0.717, 1.165) is 5.75 Å². The van der Waals surface area contributed by atoms with Crippen LogP contribution in [0.1, 0.15) is 51.3 Å². The van der Waals surface area contributed by atoms with Crippen molar-refractivity contribution in [2.75, 3.05) is 5.75 Å². The van der Waals surface area contributed by atoms with Crippen LogP contribution in [0.5, 0.6) is 11.5 Å². The number of para-hydroxylation sites is 2. The van der Waals surface area contributed by atoms with Crippen molar-refractivity contribution >= 4 is 11.8 Å². The molecule has 0 aliphatic carbocycles. The van der Waals surface area contributed by atoms with Gasteiger partial charge in [0.15, 0.2) is 11.6 Å². The van der Waals surface area contributed by atoms with Gasteiger partial charge in [0.25, 0.3) is 0 Å². The minimum absolute atomic E-state index is 0.123. The van der Waals surface area contributed by atoms with E-state index in [9.17, 15) is 10.2 Å². The first kappa shape index (κ1) is 22.1. The van der Waals surface area contributed by atoms with Gasteiger partial charge in [-0.1, -0.05) is 63.3 Å². The fourth-order valence-corrected chi connectivity index (χ4v) is 4.06. The number of benzene rings is 2. The molecule has 3 aromatic rings. The number of nitrogens with zero attached hydrogens (tertiary/aromatic N) is 3. The van der Waals surface area contributed by atoms with Gasteiger partial charge >= 0.3 is 0 Å². The predicted molar refractivity (Wildman–Crippen MR) is 124 cm³/mol. The smallest absolute Gasteiger partial charge is 0.167 e. The molecule has 30 heavy (non-hydrogen) atoms. The first-order chi connectivity index (χ1) is 14.7. The van der Waals surface area contributed by atoms with Gasteiger partial charge in [-0.05, 0) is 36.4 Å². The number of aromatic nitrogens is 3. The third-order valence-corrected chi connectivity index (χ3v) is 5.88. The summed E-state index contributed by atoms with van der Waals surface area (Å²) < 4.78 is 0. The molecule has 0 radical (unpaired) electrons. The second-order valence-corrected chi connectivity index (χ2v) is 8.36. The quantitative estimate of drug-likeness (QED) is 0.357. The number of unbranched alkanes of at least 4 members (excludes halogenated alkanes) is 5. The molecule has 1 aromatic heterocycles. The van der Waals surface area contributed by atoms with E-state index < -0.39 is 0 Å². The van der Waals surface area contributed by atoms with Gasteiger partial charge in [0.1, 0.15) is 17.3 Å². The maximum atomic E-state index is 10.3. The molecule has 1 heterocycles. The summed E-state index contributed by atoms with van der Waals surface area (Å²) in [6.45, 7) is 2.23. The Morgan fingerprint density at radius 1 is 0.700 bits per heavy atom. The van der Waals surface area contributed by atoms with Crippen LogP contribution in [0.25, 0.3) is 22.8 Å². The molecule has 0 aliphatic rings. The van der Waals surface area contributed by atoms with E-state index in [1.165, 1.54) is 38.5 Å². The topological polar surface area (TPSA) is 79.1 Å². The Bertz CT molecular complexity index is 885. The van der Waals surface area contributed by atoms with E-state index in [1.807, 2.05) is 23.9 Å². The van der Waals surface area contributed by atoms with Crippen LogP contribution in [-0.4, -0.2) is 30.9 Å². The Hall–Kier alpha value is -2.60. The average molecular weight is 424 g/mol. The van der Waals surface area contributed by atoms with E-state index in [-0.39, 0.29) is 11.5 Å². The van der Waals surface area contributed by atoms with Crippen LogP contribution in [-0.2, 0) is 5.75 Å². The molecule has 0 unspecified atom stereocenters. The molecule has 0 fully saturated rings. The summed E-state index contributed by atoms with van der Waals surface area (Å²) in [6.07, 6.45) is 7.67. The van der Waals surface area contributed by atoms with Crippen molar-refractivity contribution in [3.05, 3.63) is 54.4 Å². The zero-order valence-corrected chi connectivity index (χ0v) is 18.2. The molecule has 0 atom stereocenters. The third kappa shape index (κ3) is 6.20. The largest absolute Gasteiger partial charge is 0.507 e. The van der Waals surface area contributed by atoms with Gasteiger partial charge in [-0.2, -0.15) is 11.8 Å². The molecule has 0 bridgehead atoms. The number of phenols is 2. The fraction of sp³-hybridized carbons (Fsp3) is 0.375. The van der Waals surface area contributed by atoms with E-state index in [4.69, 9.17) is 0 Å². The molecule has 0 spiro atoms. The van der Waals surface area contributed by atoms with Gasteiger partial charge in [0.2, 0.25) is 0 Å². The molecule has 158 valence electrons. The SMILES string of the molecule is CCCCCCCCSCc1nc(-c2ccccc2O)nc(-c2ccccc2O)n1. The van der Waals surface area contributed by atoms with Crippen molar-refractivity contribution in [1.29, 1.82) is 0 Å². The van der Waals surface area contributed by atoms with E-state index >= 15 is 0 Å². The highest BCUT2D eigenvalue weighted by Gasteiger charge is 2.15. The Morgan fingerprint density at radius 2 is 1.23 bits per heavy atom. The predicted octanol–water partition coefficient (Wildman–Crippen LogP) is 6.21. The van der Waals surface area contributed by atoms with Crippen LogP contribution in [0.2, 0.25) is 0 Å². The average Bonchev–Trinajstić information content (AvgIpc) is 2.76. The standard InChI is InChI=1S/C24H29N3O2S/c1-2-3-4-5-6-11-16-30-17-22-25-23(18-12-7-9-14-20(18)28)27-24(26-22)19-13-8-10-15-21(19)29/h7-10,12-15,28-29H,2-6,11,16-17H2,1H3. The summed E-state index contributed by atoms with van der Waals surface area (Å²) in [5.41, 5.74) is 1.11. The lowest BCUT2D eigenvalue weighted by Crippen LogP contribution is -2.02. The Labute approximate surface area is 182 Å². The lowest BCUT2D eigenvalue weighted by molar-refractivity contribution is 0.476. The van der Waals surface area contributed by atoms with Gasteiger partial charge in [-0.25, -0.2) is 15.0 Å². The van der Waals surface area contributed by atoms with Gasteiger partial charge in [-0.3, -0.25) is 0 Å². The molecule has 0 saturated carbocycles. The second-order valence-electron chi connectivity index (χ2n) is 7.25. The second kappa shape index (κ2) is 11.6. The highest BCUT2D eigenvalue weighted by molar-refractivity contribution is 7.98. The summed E-state index contributed by atoms with van der Waals surface area (Å²) >= 11 is 1.81. The van der Waals surface area contributed by atoms with Crippen molar-refractivity contribution in [2.24, 2.45) is 0 Å². The summed E-state index contributed by atoms with van der Waals surface area (Å²) in [4.78, 5) is 13.7. The summed E-state index contributed by atoms with van der Waals surface area (Å²) in [6, 6.07) is 14.0. The van der Waals surface area contributed by atoms with Crippen molar-refractivity contribution in [1.82, 2.24) is 15.0 Å². The number of hydrogen-bond donors (Lipinski definition) is 2. The molecule has 3 rings (SSSR count). The van der Waals surface area contributed by atoms with Crippen molar-refractivity contribution in [2.45, 2.75) is 51.2 Å². The number of rotatable bonds is 11. The van der Waals surface area contributed by atoms with Gasteiger partial charge in [0, 0.05) is 0 Å². The number of phenolic OH excluding ortho intramolecular Hbond substituents is 2. The Balaban J connectivity index is 1.76. The molecule has 6 heteroatoms. The zero-order chi connectivity index (χ0) is 21.2. The molecule has 0 saturated heterocycles. The first-order valence-electron chi connectivity index (χ1n) is 10.6. The number of thioether (sulfide) groups is 1. The Kier molecular flexibility index (Phi) is 8.51. The van der Waals surface area contributed by atoms with Crippen LogP contribution in [0.15, 0.2) is 48.5 Å². The van der Waals surface area contributed by atoms with Crippen molar-refractivity contribution < 1.29 is 10.2 Å². The molecular weight excluding hydrogens is 394 g/mol. The van der Waals surface area contributed by atoms with E-state index in [0.29, 0.717) is 34.4 Å². The normalized spacial score (nSPS) is 11.0. The van der Waals surface area contributed by atoms with Crippen LogP contribution in [0, 0.1) is 0 Å². The molecule has 2 aromatic carbocycles. The lowest BCUT2D eigenvalue weighted by atomic mass is 10.1. The summed E-state index contributed by atoms with van der Waals surface area (Å²) in [7, 11) is 0. The maximum absolute atomic E-state index is 10.3. The zero-order valence-electron chi connectivity index (χ0n) is 17.4. The van der Waals surface area contributed by atoms with Crippen molar-refractivity contribution in [3.63, 3.8) is 0 Å². The number of hydrogen-bond acceptors (Lipinski definition) is 6. The van der Waals surface area contributed by atoms with Crippen molar-refractivity contribution in [3.8, 4) is 34.3 Å². The molecular formula is C24H29N3O2S.